The second-order valence-electron chi connectivity index (χ2n) is 4.96. The zero-order chi connectivity index (χ0) is 15.2. The number of quaternary nitrogens is 1. The summed E-state index contributed by atoms with van der Waals surface area (Å²) in [6, 6.07) is 11.6. The van der Waals surface area contributed by atoms with Gasteiger partial charge < -0.3 is 20.0 Å². The van der Waals surface area contributed by atoms with Gasteiger partial charge in [0.1, 0.15) is 0 Å². The first-order valence-electron chi connectivity index (χ1n) is 6.70. The molecule has 0 aliphatic rings. The molecule has 1 heterocycles. The molecule has 21 heavy (non-hydrogen) atoms. The predicted molar refractivity (Wildman–Crippen MR) is 89.9 cm³/mol. The predicted octanol–water partition coefficient (Wildman–Crippen LogP) is 2.11. The second-order valence-corrected chi connectivity index (χ2v) is 5.78. The SMILES string of the molecule is C[NH+](C)[C@H](CNC(=S)Nc1ccccc1Cl)c1ccco1. The van der Waals surface area contributed by atoms with E-state index in [9.17, 15) is 0 Å². The molecule has 2 rings (SSSR count). The lowest BCUT2D eigenvalue weighted by molar-refractivity contribution is -0.891. The summed E-state index contributed by atoms with van der Waals surface area (Å²) in [5, 5.41) is 7.49. The van der Waals surface area contributed by atoms with Gasteiger partial charge in [0.2, 0.25) is 0 Å². The molecule has 2 aromatic rings. The fourth-order valence-electron chi connectivity index (χ4n) is 2.00. The van der Waals surface area contributed by atoms with Crippen LogP contribution in [0, 0.1) is 0 Å². The van der Waals surface area contributed by atoms with Gasteiger partial charge in [-0.1, -0.05) is 23.7 Å². The molecular weight excluding hydrogens is 306 g/mol. The number of hydrogen-bond acceptors (Lipinski definition) is 2. The highest BCUT2D eigenvalue weighted by atomic mass is 35.5. The minimum absolute atomic E-state index is 0.186. The van der Waals surface area contributed by atoms with Crippen LogP contribution in [-0.4, -0.2) is 25.8 Å². The first-order valence-corrected chi connectivity index (χ1v) is 7.49. The topological polar surface area (TPSA) is 41.6 Å². The minimum atomic E-state index is 0.186. The maximum atomic E-state index is 6.09. The summed E-state index contributed by atoms with van der Waals surface area (Å²) < 4.78 is 5.48. The van der Waals surface area contributed by atoms with Crippen molar-refractivity contribution >= 4 is 34.6 Å². The number of rotatable bonds is 5. The number of anilines is 1. The highest BCUT2D eigenvalue weighted by Gasteiger charge is 2.20. The molecule has 0 aliphatic carbocycles. The molecule has 0 aliphatic heterocycles. The third-order valence-electron chi connectivity index (χ3n) is 3.17. The zero-order valence-electron chi connectivity index (χ0n) is 12.0. The third-order valence-corrected chi connectivity index (χ3v) is 3.75. The lowest BCUT2D eigenvalue weighted by Crippen LogP contribution is -3.07. The number of para-hydroxylation sites is 1. The van der Waals surface area contributed by atoms with Crippen LogP contribution in [0.25, 0.3) is 0 Å². The van der Waals surface area contributed by atoms with Gasteiger partial charge in [-0.15, -0.1) is 0 Å². The molecule has 0 unspecified atom stereocenters. The van der Waals surface area contributed by atoms with E-state index in [1.165, 1.54) is 4.90 Å². The van der Waals surface area contributed by atoms with E-state index in [0.29, 0.717) is 16.7 Å². The van der Waals surface area contributed by atoms with Crippen molar-refractivity contribution in [3.8, 4) is 0 Å². The van der Waals surface area contributed by atoms with Crippen LogP contribution in [0.15, 0.2) is 47.1 Å². The Morgan fingerprint density at radius 2 is 2.05 bits per heavy atom. The van der Waals surface area contributed by atoms with Crippen molar-refractivity contribution in [2.75, 3.05) is 26.0 Å². The molecule has 6 heteroatoms. The van der Waals surface area contributed by atoms with Crippen LogP contribution >= 0.6 is 23.8 Å². The molecular formula is C15H19ClN3OS+. The molecule has 0 radical (unpaired) electrons. The van der Waals surface area contributed by atoms with Gasteiger partial charge in [0.25, 0.3) is 0 Å². The van der Waals surface area contributed by atoms with E-state index < -0.39 is 0 Å². The van der Waals surface area contributed by atoms with Crippen LogP contribution in [0.3, 0.4) is 0 Å². The van der Waals surface area contributed by atoms with Crippen LogP contribution in [0.4, 0.5) is 5.69 Å². The molecule has 1 atom stereocenters. The largest absolute Gasteiger partial charge is 0.463 e. The van der Waals surface area contributed by atoms with Crippen molar-refractivity contribution in [3.63, 3.8) is 0 Å². The summed E-state index contributed by atoms with van der Waals surface area (Å²) in [4.78, 5) is 1.26. The summed E-state index contributed by atoms with van der Waals surface area (Å²) in [6.07, 6.45) is 1.69. The molecule has 112 valence electrons. The summed E-state index contributed by atoms with van der Waals surface area (Å²) in [7, 11) is 4.17. The number of nitrogens with one attached hydrogen (secondary N) is 3. The lowest BCUT2D eigenvalue weighted by atomic mass is 10.2. The standard InChI is InChI=1S/C15H18ClN3OS/c1-19(2)13(14-8-5-9-20-14)10-17-15(21)18-12-7-4-3-6-11(12)16/h3-9,13H,10H2,1-2H3,(H2,17,18,21)/p+1/t13-/m1/s1. The summed E-state index contributed by atoms with van der Waals surface area (Å²) in [5.41, 5.74) is 0.795. The zero-order valence-corrected chi connectivity index (χ0v) is 13.6. The number of likely N-dealkylation sites (N-methyl/N-ethyl adjacent to an activating group) is 1. The number of benzene rings is 1. The number of thiocarbonyl (C=S) groups is 1. The quantitative estimate of drug-likeness (QED) is 0.737. The van der Waals surface area contributed by atoms with Crippen LogP contribution in [0.2, 0.25) is 5.02 Å². The Hall–Kier alpha value is -1.56. The first kappa shape index (κ1) is 15.8. The molecule has 0 bridgehead atoms. The normalized spacial score (nSPS) is 12.2. The fraction of sp³-hybridized carbons (Fsp3) is 0.267. The van der Waals surface area contributed by atoms with Crippen molar-refractivity contribution in [3.05, 3.63) is 53.4 Å². The fourth-order valence-corrected chi connectivity index (χ4v) is 2.38. The molecule has 1 aromatic carbocycles. The van der Waals surface area contributed by atoms with E-state index in [0.717, 1.165) is 11.4 Å². The van der Waals surface area contributed by atoms with Crippen molar-refractivity contribution in [1.82, 2.24) is 5.32 Å². The van der Waals surface area contributed by atoms with E-state index in [1.807, 2.05) is 36.4 Å². The molecule has 0 spiro atoms. The van der Waals surface area contributed by atoms with E-state index >= 15 is 0 Å². The van der Waals surface area contributed by atoms with Crippen LogP contribution in [-0.2, 0) is 0 Å². The molecule has 0 fully saturated rings. The van der Waals surface area contributed by atoms with Gasteiger partial charge in [0.15, 0.2) is 16.9 Å². The maximum absolute atomic E-state index is 6.09. The lowest BCUT2D eigenvalue weighted by Gasteiger charge is -2.21. The van der Waals surface area contributed by atoms with Gasteiger partial charge in [-0.25, -0.2) is 0 Å². The molecule has 3 N–H and O–H groups in total. The Kier molecular flexibility index (Phi) is 5.61. The summed E-state index contributed by atoms with van der Waals surface area (Å²) in [5.74, 6) is 0.933. The van der Waals surface area contributed by atoms with Crippen LogP contribution in [0.5, 0.6) is 0 Å². The van der Waals surface area contributed by atoms with Crippen molar-refractivity contribution in [1.29, 1.82) is 0 Å². The summed E-state index contributed by atoms with van der Waals surface area (Å²) >= 11 is 11.4. The average Bonchev–Trinajstić information content (AvgIpc) is 2.95. The van der Waals surface area contributed by atoms with Gasteiger partial charge in [-0.05, 0) is 36.5 Å². The van der Waals surface area contributed by atoms with Gasteiger partial charge in [0.05, 0.1) is 37.6 Å². The van der Waals surface area contributed by atoms with Crippen LogP contribution in [0.1, 0.15) is 11.8 Å². The van der Waals surface area contributed by atoms with Gasteiger partial charge in [0, 0.05) is 0 Å². The third kappa shape index (κ3) is 4.46. The van der Waals surface area contributed by atoms with Gasteiger partial charge >= 0.3 is 0 Å². The minimum Gasteiger partial charge on any atom is -0.463 e. The van der Waals surface area contributed by atoms with E-state index in [4.69, 9.17) is 28.2 Å². The monoisotopic (exact) mass is 324 g/mol. The molecule has 1 aromatic heterocycles. The molecule has 4 nitrogen and oxygen atoms in total. The molecule has 0 saturated carbocycles. The van der Waals surface area contributed by atoms with Crippen molar-refractivity contribution < 1.29 is 9.32 Å². The number of halogens is 1. The molecule has 0 amide bonds. The highest BCUT2D eigenvalue weighted by molar-refractivity contribution is 7.80. The Morgan fingerprint density at radius 1 is 1.29 bits per heavy atom. The summed E-state index contributed by atoms with van der Waals surface area (Å²) in [6.45, 7) is 0.673. The Bertz CT molecular complexity index is 586. The van der Waals surface area contributed by atoms with E-state index in [-0.39, 0.29) is 6.04 Å². The Balaban J connectivity index is 1.92. The number of hydrogen-bond donors (Lipinski definition) is 3. The Morgan fingerprint density at radius 3 is 2.67 bits per heavy atom. The van der Waals surface area contributed by atoms with Crippen LogP contribution < -0.4 is 15.5 Å². The van der Waals surface area contributed by atoms with Gasteiger partial charge in [-0.2, -0.15) is 0 Å². The Labute approximate surface area is 135 Å². The average molecular weight is 325 g/mol. The molecule has 0 saturated heterocycles. The second kappa shape index (κ2) is 7.45. The van der Waals surface area contributed by atoms with E-state index in [2.05, 4.69) is 24.7 Å². The first-order chi connectivity index (χ1) is 10.1. The smallest absolute Gasteiger partial charge is 0.171 e. The van der Waals surface area contributed by atoms with E-state index in [1.54, 1.807) is 6.26 Å². The number of furan rings is 1. The van der Waals surface area contributed by atoms with Crippen molar-refractivity contribution in [2.45, 2.75) is 6.04 Å². The van der Waals surface area contributed by atoms with Crippen molar-refractivity contribution in [2.24, 2.45) is 0 Å². The van der Waals surface area contributed by atoms with Gasteiger partial charge in [-0.3, -0.25) is 0 Å². The maximum Gasteiger partial charge on any atom is 0.171 e. The highest BCUT2D eigenvalue weighted by Crippen LogP contribution is 2.20.